The largest absolute Gasteiger partial charge is 0.490 e. The van der Waals surface area contributed by atoms with Gasteiger partial charge in [0.1, 0.15) is 5.75 Å². The number of rotatable bonds is 3. The number of nitrogens with two attached hydrogens (primary N) is 1. The van der Waals surface area contributed by atoms with Crippen molar-refractivity contribution in [3.05, 3.63) is 29.3 Å². The van der Waals surface area contributed by atoms with Crippen molar-refractivity contribution in [3.63, 3.8) is 0 Å². The number of aryl methyl sites for hydroxylation is 1. The summed E-state index contributed by atoms with van der Waals surface area (Å²) in [4.78, 5) is 0. The molecule has 2 N–H and O–H groups in total. The normalized spacial score (nSPS) is 19.0. The molecule has 0 spiro atoms. The Morgan fingerprint density at radius 2 is 1.94 bits per heavy atom. The molecule has 1 aliphatic rings. The number of hydrogen-bond acceptors (Lipinski definition) is 2. The first kappa shape index (κ1) is 12.4. The first-order chi connectivity index (χ1) is 8.16. The summed E-state index contributed by atoms with van der Waals surface area (Å²) in [5.41, 5.74) is 8.25. The predicted molar refractivity (Wildman–Crippen MR) is 71.3 cm³/mol. The predicted octanol–water partition coefficient (Wildman–Crippen LogP) is 3.73. The Bertz CT molecular complexity index is 367. The van der Waals surface area contributed by atoms with Gasteiger partial charge < -0.3 is 10.5 Å². The van der Waals surface area contributed by atoms with Crippen LogP contribution in [0.2, 0.25) is 0 Å². The Hall–Kier alpha value is -1.02. The molecule has 0 aliphatic heterocycles. The summed E-state index contributed by atoms with van der Waals surface area (Å²) in [6.07, 6.45) is 6.80. The average Bonchev–Trinajstić information content (AvgIpc) is 2.33. The summed E-state index contributed by atoms with van der Waals surface area (Å²) < 4.78 is 6.08. The Balaban J connectivity index is 2.05. The molecule has 0 heterocycles. The SMILES string of the molecule is Cc1cc([C@H](C)N)ccc1OC1CCCCC1. The van der Waals surface area contributed by atoms with Crippen LogP contribution in [0.5, 0.6) is 5.75 Å². The van der Waals surface area contributed by atoms with Gasteiger partial charge in [-0.05, 0) is 56.7 Å². The lowest BCUT2D eigenvalue weighted by molar-refractivity contribution is 0.154. The highest BCUT2D eigenvalue weighted by Crippen LogP contribution is 2.27. The summed E-state index contributed by atoms with van der Waals surface area (Å²) >= 11 is 0. The van der Waals surface area contributed by atoms with Crippen molar-refractivity contribution in [1.29, 1.82) is 0 Å². The highest BCUT2D eigenvalue weighted by Gasteiger charge is 2.15. The molecule has 0 saturated heterocycles. The zero-order valence-corrected chi connectivity index (χ0v) is 10.9. The van der Waals surface area contributed by atoms with Crippen LogP contribution in [0.1, 0.15) is 56.2 Å². The highest BCUT2D eigenvalue weighted by molar-refractivity contribution is 5.37. The van der Waals surface area contributed by atoms with E-state index in [9.17, 15) is 0 Å². The van der Waals surface area contributed by atoms with Gasteiger partial charge in [0.2, 0.25) is 0 Å². The van der Waals surface area contributed by atoms with Gasteiger partial charge >= 0.3 is 0 Å². The third-order valence-corrected chi connectivity index (χ3v) is 3.57. The zero-order chi connectivity index (χ0) is 12.3. The minimum atomic E-state index is 0.0948. The molecule has 2 rings (SSSR count). The molecule has 0 aromatic heterocycles. The molecule has 0 amide bonds. The first-order valence-electron chi connectivity index (χ1n) is 6.69. The summed E-state index contributed by atoms with van der Waals surface area (Å²) in [6.45, 7) is 4.11. The lowest BCUT2D eigenvalue weighted by Gasteiger charge is -2.24. The van der Waals surface area contributed by atoms with Crippen LogP contribution in [0.25, 0.3) is 0 Å². The molecule has 0 radical (unpaired) electrons. The molecule has 17 heavy (non-hydrogen) atoms. The second-order valence-corrected chi connectivity index (χ2v) is 5.19. The van der Waals surface area contributed by atoms with Crippen LogP contribution in [0.3, 0.4) is 0 Å². The Kier molecular flexibility index (Phi) is 4.06. The molecule has 1 saturated carbocycles. The quantitative estimate of drug-likeness (QED) is 0.863. The standard InChI is InChI=1S/C15H23NO/c1-11-10-13(12(2)16)8-9-15(11)17-14-6-4-3-5-7-14/h8-10,12,14H,3-7,16H2,1-2H3/t12-/m0/s1. The van der Waals surface area contributed by atoms with Crippen LogP contribution in [0.4, 0.5) is 0 Å². The van der Waals surface area contributed by atoms with Crippen molar-refractivity contribution in [2.24, 2.45) is 5.73 Å². The Morgan fingerprint density at radius 1 is 1.24 bits per heavy atom. The van der Waals surface area contributed by atoms with E-state index in [1.165, 1.54) is 43.2 Å². The number of benzene rings is 1. The van der Waals surface area contributed by atoms with E-state index in [0.717, 1.165) is 5.75 Å². The minimum Gasteiger partial charge on any atom is -0.490 e. The van der Waals surface area contributed by atoms with E-state index in [0.29, 0.717) is 6.10 Å². The van der Waals surface area contributed by atoms with Gasteiger partial charge in [0.05, 0.1) is 6.10 Å². The topological polar surface area (TPSA) is 35.2 Å². The van der Waals surface area contributed by atoms with E-state index in [1.807, 2.05) is 6.92 Å². The molecule has 1 aromatic rings. The van der Waals surface area contributed by atoms with Gasteiger partial charge in [-0.25, -0.2) is 0 Å². The smallest absolute Gasteiger partial charge is 0.122 e. The molecule has 2 heteroatoms. The van der Waals surface area contributed by atoms with E-state index in [2.05, 4.69) is 25.1 Å². The monoisotopic (exact) mass is 233 g/mol. The maximum Gasteiger partial charge on any atom is 0.122 e. The van der Waals surface area contributed by atoms with Gasteiger partial charge in [-0.2, -0.15) is 0 Å². The third-order valence-electron chi connectivity index (χ3n) is 3.57. The first-order valence-corrected chi connectivity index (χ1v) is 6.69. The molecule has 1 atom stereocenters. The van der Waals surface area contributed by atoms with Crippen molar-refractivity contribution in [3.8, 4) is 5.75 Å². The molecular weight excluding hydrogens is 210 g/mol. The average molecular weight is 233 g/mol. The van der Waals surface area contributed by atoms with Crippen LogP contribution in [0, 0.1) is 6.92 Å². The lowest BCUT2D eigenvalue weighted by Crippen LogP contribution is -2.20. The maximum absolute atomic E-state index is 6.08. The summed E-state index contributed by atoms with van der Waals surface area (Å²) in [6, 6.07) is 6.39. The van der Waals surface area contributed by atoms with Crippen molar-refractivity contribution in [1.82, 2.24) is 0 Å². The molecule has 94 valence electrons. The fourth-order valence-electron chi connectivity index (χ4n) is 2.45. The molecule has 0 bridgehead atoms. The Labute approximate surface area is 104 Å². The van der Waals surface area contributed by atoms with Gasteiger partial charge in [0.15, 0.2) is 0 Å². The fourth-order valence-corrected chi connectivity index (χ4v) is 2.45. The van der Waals surface area contributed by atoms with Crippen LogP contribution in [0.15, 0.2) is 18.2 Å². The van der Waals surface area contributed by atoms with Crippen molar-refractivity contribution >= 4 is 0 Å². The molecule has 1 aliphatic carbocycles. The van der Waals surface area contributed by atoms with Gasteiger partial charge in [0, 0.05) is 6.04 Å². The number of ether oxygens (including phenoxy) is 1. The van der Waals surface area contributed by atoms with E-state index in [4.69, 9.17) is 10.5 Å². The Morgan fingerprint density at radius 3 is 2.53 bits per heavy atom. The molecule has 2 nitrogen and oxygen atoms in total. The molecule has 1 fully saturated rings. The van der Waals surface area contributed by atoms with E-state index < -0.39 is 0 Å². The maximum atomic E-state index is 6.08. The van der Waals surface area contributed by atoms with Crippen LogP contribution in [-0.2, 0) is 0 Å². The van der Waals surface area contributed by atoms with Crippen LogP contribution < -0.4 is 10.5 Å². The van der Waals surface area contributed by atoms with Gasteiger partial charge in [0.25, 0.3) is 0 Å². The molecule has 0 unspecified atom stereocenters. The van der Waals surface area contributed by atoms with Gasteiger partial charge in [-0.3, -0.25) is 0 Å². The summed E-state index contributed by atoms with van der Waals surface area (Å²) in [5, 5.41) is 0. The van der Waals surface area contributed by atoms with Crippen LogP contribution in [-0.4, -0.2) is 6.10 Å². The van der Waals surface area contributed by atoms with Gasteiger partial charge in [-0.1, -0.05) is 18.6 Å². The molecule has 1 aromatic carbocycles. The number of hydrogen-bond donors (Lipinski definition) is 1. The van der Waals surface area contributed by atoms with E-state index in [1.54, 1.807) is 0 Å². The minimum absolute atomic E-state index is 0.0948. The van der Waals surface area contributed by atoms with Gasteiger partial charge in [-0.15, -0.1) is 0 Å². The fraction of sp³-hybridized carbons (Fsp3) is 0.600. The van der Waals surface area contributed by atoms with Crippen LogP contribution >= 0.6 is 0 Å². The summed E-state index contributed by atoms with van der Waals surface area (Å²) in [7, 11) is 0. The van der Waals surface area contributed by atoms with E-state index >= 15 is 0 Å². The van der Waals surface area contributed by atoms with E-state index in [-0.39, 0.29) is 6.04 Å². The second kappa shape index (κ2) is 5.54. The van der Waals surface area contributed by atoms with Crippen molar-refractivity contribution in [2.45, 2.75) is 58.1 Å². The zero-order valence-electron chi connectivity index (χ0n) is 10.9. The second-order valence-electron chi connectivity index (χ2n) is 5.19. The highest BCUT2D eigenvalue weighted by atomic mass is 16.5. The van der Waals surface area contributed by atoms with Crippen molar-refractivity contribution in [2.75, 3.05) is 0 Å². The molecular formula is C15H23NO. The lowest BCUT2D eigenvalue weighted by atomic mass is 9.97. The van der Waals surface area contributed by atoms with Crippen molar-refractivity contribution < 1.29 is 4.74 Å². The third kappa shape index (κ3) is 3.22. The summed E-state index contributed by atoms with van der Waals surface area (Å²) in [5.74, 6) is 1.03.